The number of nitrogens with two attached hydrogens (primary N) is 1. The Labute approximate surface area is 85.0 Å². The molecule has 0 aliphatic rings. The second-order valence-corrected chi connectivity index (χ2v) is 2.71. The number of hydrogen-bond acceptors (Lipinski definition) is 5. The van der Waals surface area contributed by atoms with Gasteiger partial charge in [0, 0.05) is 13.1 Å². The Morgan fingerprint density at radius 2 is 2.33 bits per heavy atom. The highest BCUT2D eigenvalue weighted by molar-refractivity contribution is 5.20. The number of aromatic nitrogens is 2. The van der Waals surface area contributed by atoms with Crippen LogP contribution in [-0.4, -0.2) is 21.0 Å². The molecule has 0 saturated carbocycles. The Morgan fingerprint density at radius 1 is 1.60 bits per heavy atom. The molecule has 1 aromatic heterocycles. The van der Waals surface area contributed by atoms with Gasteiger partial charge < -0.3 is 5.73 Å². The van der Waals surface area contributed by atoms with Crippen molar-refractivity contribution in [2.45, 2.75) is 6.54 Å². The molecule has 7 heteroatoms. The molecular formula is C8H10N4O3. The van der Waals surface area contributed by atoms with Crippen LogP contribution in [0, 0.1) is 10.1 Å². The molecule has 1 heterocycles. The molecule has 0 fully saturated rings. The van der Waals surface area contributed by atoms with Crippen molar-refractivity contribution in [3.8, 4) is 0 Å². The molecule has 0 spiro atoms. The number of rotatable bonds is 4. The zero-order valence-electron chi connectivity index (χ0n) is 7.87. The zero-order valence-corrected chi connectivity index (χ0v) is 7.87. The van der Waals surface area contributed by atoms with Gasteiger partial charge in [-0.15, -0.1) is 0 Å². The third-order valence-corrected chi connectivity index (χ3v) is 1.66. The number of hydrogen-bond donors (Lipinski definition) is 1. The molecule has 1 aromatic rings. The molecule has 0 aliphatic carbocycles. The maximum absolute atomic E-state index is 11.2. The van der Waals surface area contributed by atoms with Gasteiger partial charge in [-0.1, -0.05) is 12.2 Å². The van der Waals surface area contributed by atoms with Gasteiger partial charge in [0.1, 0.15) is 6.20 Å². The van der Waals surface area contributed by atoms with Gasteiger partial charge in [0.05, 0.1) is 11.1 Å². The molecule has 0 aromatic carbocycles. The average Bonchev–Trinajstić information content (AvgIpc) is 2.20. The summed E-state index contributed by atoms with van der Waals surface area (Å²) < 4.78 is 1.14. The molecule has 0 radical (unpaired) electrons. The summed E-state index contributed by atoms with van der Waals surface area (Å²) in [6.07, 6.45) is 5.39. The zero-order chi connectivity index (χ0) is 11.3. The number of allylic oxidation sites excluding steroid dienone is 1. The Bertz CT molecular complexity index is 438. The fraction of sp³-hybridized carbons (Fsp3) is 0.250. The van der Waals surface area contributed by atoms with E-state index in [4.69, 9.17) is 5.73 Å². The normalized spacial score (nSPS) is 10.7. The van der Waals surface area contributed by atoms with Gasteiger partial charge >= 0.3 is 11.4 Å². The van der Waals surface area contributed by atoms with Gasteiger partial charge in [-0.05, 0) is 0 Å². The highest BCUT2D eigenvalue weighted by Crippen LogP contribution is 2.04. The van der Waals surface area contributed by atoms with E-state index in [0.29, 0.717) is 6.54 Å². The van der Waals surface area contributed by atoms with Gasteiger partial charge in [0.15, 0.2) is 0 Å². The summed E-state index contributed by atoms with van der Waals surface area (Å²) in [6.45, 7) is 0.585. The van der Waals surface area contributed by atoms with Gasteiger partial charge in [0.2, 0.25) is 0 Å². The molecule has 0 amide bonds. The highest BCUT2D eigenvalue weighted by atomic mass is 16.6. The summed E-state index contributed by atoms with van der Waals surface area (Å²) in [5.41, 5.74) is 4.47. The second-order valence-electron chi connectivity index (χ2n) is 2.71. The van der Waals surface area contributed by atoms with Gasteiger partial charge in [-0.3, -0.25) is 14.7 Å². The second kappa shape index (κ2) is 5.01. The van der Waals surface area contributed by atoms with Crippen molar-refractivity contribution in [2.24, 2.45) is 5.73 Å². The highest BCUT2D eigenvalue weighted by Gasteiger charge is 2.07. The number of nitrogens with zero attached hydrogens (tertiary/aromatic N) is 3. The van der Waals surface area contributed by atoms with Crippen molar-refractivity contribution in [1.29, 1.82) is 0 Å². The van der Waals surface area contributed by atoms with E-state index in [9.17, 15) is 14.9 Å². The SMILES string of the molecule is NC/C=C/Cn1cc([N+](=O)[O-])cnc1=O. The maximum atomic E-state index is 11.2. The van der Waals surface area contributed by atoms with Crippen LogP contribution in [0.15, 0.2) is 29.3 Å². The van der Waals surface area contributed by atoms with Gasteiger partial charge in [-0.2, -0.15) is 4.98 Å². The molecule has 0 aliphatic heterocycles. The lowest BCUT2D eigenvalue weighted by Gasteiger charge is -1.99. The summed E-state index contributed by atoms with van der Waals surface area (Å²) in [6, 6.07) is 0. The van der Waals surface area contributed by atoms with Crippen LogP contribution < -0.4 is 11.4 Å². The van der Waals surface area contributed by atoms with Crippen LogP contribution in [0.2, 0.25) is 0 Å². The summed E-state index contributed by atoms with van der Waals surface area (Å²) >= 11 is 0. The number of nitro groups is 1. The van der Waals surface area contributed by atoms with E-state index in [0.717, 1.165) is 17.0 Å². The predicted molar refractivity (Wildman–Crippen MR) is 53.3 cm³/mol. The molecule has 7 nitrogen and oxygen atoms in total. The van der Waals surface area contributed by atoms with Crippen LogP contribution >= 0.6 is 0 Å². The van der Waals surface area contributed by atoms with Crippen molar-refractivity contribution in [1.82, 2.24) is 9.55 Å². The molecule has 0 unspecified atom stereocenters. The Balaban J connectivity index is 2.95. The lowest BCUT2D eigenvalue weighted by Crippen LogP contribution is -2.21. The molecule has 1 rings (SSSR count). The minimum atomic E-state index is -0.602. The van der Waals surface area contributed by atoms with Gasteiger partial charge in [0.25, 0.3) is 0 Å². The van der Waals surface area contributed by atoms with Crippen molar-refractivity contribution >= 4 is 5.69 Å². The lowest BCUT2D eigenvalue weighted by molar-refractivity contribution is -0.385. The molecule has 0 bridgehead atoms. The van der Waals surface area contributed by atoms with E-state index >= 15 is 0 Å². The van der Waals surface area contributed by atoms with Crippen LogP contribution in [0.3, 0.4) is 0 Å². The Kier molecular flexibility index (Phi) is 3.69. The predicted octanol–water partition coefficient (Wildman–Crippen LogP) is -0.334. The van der Waals surface area contributed by atoms with E-state index in [-0.39, 0.29) is 12.2 Å². The summed E-state index contributed by atoms with van der Waals surface area (Å²) in [7, 11) is 0. The average molecular weight is 210 g/mol. The van der Waals surface area contributed by atoms with E-state index in [1.54, 1.807) is 12.2 Å². The van der Waals surface area contributed by atoms with Crippen LogP contribution in [0.1, 0.15) is 0 Å². The first kappa shape index (κ1) is 11.1. The minimum Gasteiger partial charge on any atom is -0.327 e. The molecule has 15 heavy (non-hydrogen) atoms. The third-order valence-electron chi connectivity index (χ3n) is 1.66. The van der Waals surface area contributed by atoms with E-state index < -0.39 is 10.6 Å². The van der Waals surface area contributed by atoms with E-state index in [2.05, 4.69) is 4.98 Å². The van der Waals surface area contributed by atoms with E-state index in [1.165, 1.54) is 0 Å². The van der Waals surface area contributed by atoms with Crippen LogP contribution in [0.25, 0.3) is 0 Å². The molecular weight excluding hydrogens is 200 g/mol. The van der Waals surface area contributed by atoms with Crippen molar-refractivity contribution < 1.29 is 4.92 Å². The quantitative estimate of drug-likeness (QED) is 0.416. The summed E-state index contributed by atoms with van der Waals surface area (Å²) in [5.74, 6) is 0. The molecule has 80 valence electrons. The van der Waals surface area contributed by atoms with Crippen molar-refractivity contribution in [2.75, 3.05) is 6.54 Å². The summed E-state index contributed by atoms with van der Waals surface area (Å²) in [5, 5.41) is 10.4. The molecule has 2 N–H and O–H groups in total. The van der Waals surface area contributed by atoms with Crippen LogP contribution in [0.4, 0.5) is 5.69 Å². The fourth-order valence-corrected chi connectivity index (χ4v) is 0.953. The van der Waals surface area contributed by atoms with E-state index in [1.807, 2.05) is 0 Å². The first-order valence-corrected chi connectivity index (χ1v) is 4.21. The van der Waals surface area contributed by atoms with Crippen LogP contribution in [0.5, 0.6) is 0 Å². The Hall–Kier alpha value is -2.02. The Morgan fingerprint density at radius 3 is 2.93 bits per heavy atom. The van der Waals surface area contributed by atoms with Crippen molar-refractivity contribution in [3.63, 3.8) is 0 Å². The monoisotopic (exact) mass is 210 g/mol. The third kappa shape index (κ3) is 2.99. The smallest absolute Gasteiger partial charge is 0.327 e. The topological polar surface area (TPSA) is 104 Å². The fourth-order valence-electron chi connectivity index (χ4n) is 0.953. The first-order valence-electron chi connectivity index (χ1n) is 4.21. The lowest BCUT2D eigenvalue weighted by atomic mass is 10.4. The van der Waals surface area contributed by atoms with Crippen LogP contribution in [-0.2, 0) is 6.54 Å². The van der Waals surface area contributed by atoms with Gasteiger partial charge in [-0.25, -0.2) is 4.79 Å². The maximum Gasteiger partial charge on any atom is 0.348 e. The molecule has 0 saturated heterocycles. The standard InChI is InChI=1S/C8H10N4O3/c9-3-1-2-4-11-6-7(12(14)15)5-10-8(11)13/h1-2,5-6H,3-4,9H2/b2-1+. The van der Waals surface area contributed by atoms with Crippen molar-refractivity contribution in [3.05, 3.63) is 45.1 Å². The minimum absolute atomic E-state index is 0.212. The summed E-state index contributed by atoms with van der Waals surface area (Å²) in [4.78, 5) is 24.3. The molecule has 0 atom stereocenters. The largest absolute Gasteiger partial charge is 0.348 e. The first-order chi connectivity index (χ1) is 7.15.